The summed E-state index contributed by atoms with van der Waals surface area (Å²) in [6, 6.07) is 9.09. The summed E-state index contributed by atoms with van der Waals surface area (Å²) in [4.78, 5) is 15.3. The zero-order valence-electron chi connectivity index (χ0n) is 21.0. The number of nitrogens with zero attached hydrogens (tertiary/aromatic N) is 3. The molecule has 1 saturated carbocycles. The molecular weight excluding hydrogens is 440 g/mol. The highest BCUT2D eigenvalue weighted by molar-refractivity contribution is 5.81. The highest BCUT2D eigenvalue weighted by Crippen LogP contribution is 2.30. The van der Waals surface area contributed by atoms with E-state index >= 15 is 0 Å². The summed E-state index contributed by atoms with van der Waals surface area (Å²) in [6.07, 6.45) is 10.0. The van der Waals surface area contributed by atoms with Crippen LogP contribution in [0.25, 0.3) is 5.69 Å². The average molecular weight is 481 g/mol. The minimum Gasteiger partial charge on any atom is -0.508 e. The van der Waals surface area contributed by atoms with Gasteiger partial charge in [-0.3, -0.25) is 9.69 Å². The molecule has 0 bridgehead atoms. The first-order valence-electron chi connectivity index (χ1n) is 13.0. The minimum absolute atomic E-state index is 0.0748. The van der Waals surface area contributed by atoms with Gasteiger partial charge in [0.2, 0.25) is 5.91 Å². The number of amides is 1. The second-order valence-corrected chi connectivity index (χ2v) is 9.97. The Hall–Kier alpha value is -2.84. The van der Waals surface area contributed by atoms with E-state index in [0.717, 1.165) is 43.1 Å². The van der Waals surface area contributed by atoms with Crippen molar-refractivity contribution in [3.8, 4) is 11.4 Å². The van der Waals surface area contributed by atoms with E-state index in [4.69, 9.17) is 0 Å². The van der Waals surface area contributed by atoms with Crippen LogP contribution in [0.15, 0.2) is 48.8 Å². The van der Waals surface area contributed by atoms with E-state index in [9.17, 15) is 9.90 Å². The molecule has 2 aromatic rings. The molecule has 0 spiro atoms. The van der Waals surface area contributed by atoms with Crippen molar-refractivity contribution in [2.24, 2.45) is 5.92 Å². The third kappa shape index (κ3) is 6.24. The molecule has 0 radical (unpaired) electrons. The van der Waals surface area contributed by atoms with Crippen molar-refractivity contribution in [1.29, 1.82) is 0 Å². The molecule has 0 unspecified atom stereocenters. The van der Waals surface area contributed by atoms with Crippen LogP contribution in [0.1, 0.15) is 51.9 Å². The van der Waals surface area contributed by atoms with Crippen LogP contribution in [-0.4, -0.2) is 64.0 Å². The molecule has 1 saturated heterocycles. The molecule has 190 valence electrons. The number of hydrogen-bond acceptors (Lipinski definition) is 6. The first-order chi connectivity index (χ1) is 17.0. The van der Waals surface area contributed by atoms with E-state index in [1.807, 2.05) is 26.1 Å². The molecule has 4 rings (SSSR count). The van der Waals surface area contributed by atoms with Crippen LogP contribution >= 0.6 is 0 Å². The smallest absolute Gasteiger partial charge is 0.237 e. The van der Waals surface area contributed by atoms with Crippen molar-refractivity contribution < 1.29 is 9.90 Å². The van der Waals surface area contributed by atoms with Gasteiger partial charge in [-0.2, -0.15) is 5.10 Å². The largest absolute Gasteiger partial charge is 0.508 e. The van der Waals surface area contributed by atoms with Gasteiger partial charge in [-0.25, -0.2) is 4.68 Å². The molecule has 2 heterocycles. The number of phenolic OH excluding ortho intramolecular Hbond substituents is 1. The van der Waals surface area contributed by atoms with E-state index in [2.05, 4.69) is 32.5 Å². The summed E-state index contributed by atoms with van der Waals surface area (Å²) in [5, 5.41) is 24.2. The fraction of sp³-hybridized carbons (Fsp3) is 0.556. The number of benzene rings is 1. The van der Waals surface area contributed by atoms with E-state index in [1.165, 1.54) is 32.1 Å². The van der Waals surface area contributed by atoms with Crippen molar-refractivity contribution in [2.45, 2.75) is 70.0 Å². The number of likely N-dealkylation sites (tertiary alicyclic amines) is 1. The lowest BCUT2D eigenvalue weighted by Gasteiger charge is -2.36. The van der Waals surface area contributed by atoms with Gasteiger partial charge in [0, 0.05) is 36.5 Å². The Morgan fingerprint density at radius 3 is 2.74 bits per heavy atom. The Bertz CT molecular complexity index is 999. The van der Waals surface area contributed by atoms with Crippen molar-refractivity contribution >= 4 is 11.7 Å². The zero-order chi connectivity index (χ0) is 24.8. The fourth-order valence-corrected chi connectivity index (χ4v) is 5.46. The Morgan fingerprint density at radius 2 is 2.00 bits per heavy atom. The number of aromatic nitrogens is 2. The maximum atomic E-state index is 12.8. The number of rotatable bonds is 10. The molecule has 1 aromatic carbocycles. The molecule has 3 atom stereocenters. The lowest BCUT2D eigenvalue weighted by molar-refractivity contribution is -0.124. The summed E-state index contributed by atoms with van der Waals surface area (Å²) in [5.41, 5.74) is 1.72. The van der Waals surface area contributed by atoms with E-state index in [1.54, 1.807) is 29.1 Å². The maximum Gasteiger partial charge on any atom is 0.237 e. The molecule has 1 aliphatic heterocycles. The average Bonchev–Trinajstić information content (AvgIpc) is 3.53. The number of carbonyl (C=O) groups excluding carboxylic acids is 1. The van der Waals surface area contributed by atoms with Crippen LogP contribution in [0.5, 0.6) is 5.75 Å². The van der Waals surface area contributed by atoms with Gasteiger partial charge >= 0.3 is 0 Å². The van der Waals surface area contributed by atoms with Crippen molar-refractivity contribution in [2.75, 3.05) is 25.5 Å². The highest BCUT2D eigenvalue weighted by Gasteiger charge is 2.33. The molecule has 35 heavy (non-hydrogen) atoms. The van der Waals surface area contributed by atoms with Gasteiger partial charge in [0.05, 0.1) is 17.9 Å². The Kier molecular flexibility index (Phi) is 8.46. The van der Waals surface area contributed by atoms with Crippen molar-refractivity contribution in [3.05, 3.63) is 48.8 Å². The number of nitrogens with one attached hydrogen (secondary N) is 3. The standard InChI is InChI=1S/C27H40N6O2/c1-19(30-26-14-15-29-33(26)22-11-7-12-23(34)17-22)25-13-8-16-32(25)18-24(21-9-5-4-6-10-21)31-27(35)20(2)28-3/h7,11-12,14-15,17,20-21,24-25,28,30,34H,1,4-6,8-10,13,16,18H2,2-3H3,(H,31,35)/t20-,24+,25-/m0/s1. The molecular formula is C27H40N6O2. The monoisotopic (exact) mass is 480 g/mol. The molecule has 4 N–H and O–H groups in total. The van der Waals surface area contributed by atoms with Gasteiger partial charge in [0.25, 0.3) is 0 Å². The second kappa shape index (κ2) is 11.7. The topological polar surface area (TPSA) is 94.4 Å². The molecule has 1 amide bonds. The van der Waals surface area contributed by atoms with Crippen LogP contribution in [0.3, 0.4) is 0 Å². The number of carbonyl (C=O) groups is 1. The molecule has 8 heteroatoms. The van der Waals surface area contributed by atoms with Crippen molar-refractivity contribution in [3.63, 3.8) is 0 Å². The Labute approximate surface area is 208 Å². The summed E-state index contributed by atoms with van der Waals surface area (Å²) < 4.78 is 1.77. The van der Waals surface area contributed by atoms with Crippen LogP contribution in [-0.2, 0) is 4.79 Å². The lowest BCUT2D eigenvalue weighted by atomic mass is 9.83. The minimum atomic E-state index is -0.204. The Balaban J connectivity index is 1.45. The fourth-order valence-electron chi connectivity index (χ4n) is 5.46. The summed E-state index contributed by atoms with van der Waals surface area (Å²) in [7, 11) is 1.83. The normalized spacial score (nSPS) is 20.9. The van der Waals surface area contributed by atoms with Crippen LogP contribution in [0.4, 0.5) is 5.82 Å². The summed E-state index contributed by atoms with van der Waals surface area (Å²) in [5.74, 6) is 1.61. The third-order valence-electron chi connectivity index (χ3n) is 7.58. The van der Waals surface area contributed by atoms with E-state index < -0.39 is 0 Å². The number of anilines is 1. The summed E-state index contributed by atoms with van der Waals surface area (Å²) >= 11 is 0. The van der Waals surface area contributed by atoms with Crippen LogP contribution < -0.4 is 16.0 Å². The molecule has 1 aromatic heterocycles. The maximum absolute atomic E-state index is 12.8. The van der Waals surface area contributed by atoms with E-state index in [0.29, 0.717) is 5.92 Å². The van der Waals surface area contributed by atoms with Gasteiger partial charge in [0.15, 0.2) is 0 Å². The lowest BCUT2D eigenvalue weighted by Crippen LogP contribution is -2.53. The molecule has 8 nitrogen and oxygen atoms in total. The highest BCUT2D eigenvalue weighted by atomic mass is 16.3. The van der Waals surface area contributed by atoms with Gasteiger partial charge < -0.3 is 21.1 Å². The first-order valence-corrected chi connectivity index (χ1v) is 13.0. The zero-order valence-corrected chi connectivity index (χ0v) is 21.0. The van der Waals surface area contributed by atoms with Gasteiger partial charge in [-0.15, -0.1) is 0 Å². The van der Waals surface area contributed by atoms with Gasteiger partial charge in [0.1, 0.15) is 11.6 Å². The van der Waals surface area contributed by atoms with Gasteiger partial charge in [-0.1, -0.05) is 31.9 Å². The van der Waals surface area contributed by atoms with Crippen molar-refractivity contribution in [1.82, 2.24) is 25.3 Å². The van der Waals surface area contributed by atoms with E-state index in [-0.39, 0.29) is 29.8 Å². The Morgan fingerprint density at radius 1 is 1.20 bits per heavy atom. The SMILES string of the molecule is C=C(Nc1ccnn1-c1cccc(O)c1)[C@@H]1CCCN1C[C@@H](NC(=O)[C@H](C)NC)C1CCCCC1. The second-order valence-electron chi connectivity index (χ2n) is 9.97. The van der Waals surface area contributed by atoms with Crippen LogP contribution in [0.2, 0.25) is 0 Å². The number of likely N-dealkylation sites (N-methyl/N-ethyl adjacent to an activating group) is 1. The number of phenols is 1. The molecule has 2 fully saturated rings. The predicted molar refractivity (Wildman–Crippen MR) is 140 cm³/mol. The number of hydrogen-bond donors (Lipinski definition) is 4. The summed E-state index contributed by atoms with van der Waals surface area (Å²) in [6.45, 7) is 8.14. The molecule has 2 aliphatic rings. The quantitative estimate of drug-likeness (QED) is 0.415. The predicted octanol–water partition coefficient (Wildman–Crippen LogP) is 3.64. The van der Waals surface area contributed by atoms with Gasteiger partial charge in [-0.05, 0) is 64.3 Å². The van der Waals surface area contributed by atoms with Crippen LogP contribution in [0, 0.1) is 5.92 Å². The molecule has 1 aliphatic carbocycles. The number of aromatic hydroxyl groups is 1. The first kappa shape index (κ1) is 25.3. The third-order valence-corrected chi connectivity index (χ3v) is 7.58.